The number of nitrogens with zero attached hydrogens (tertiary/aromatic N) is 5. The summed E-state index contributed by atoms with van der Waals surface area (Å²) < 4.78 is 6.95. The average molecular weight is 480 g/mol. The SMILES string of the molecule is CC(C)(C)OC(=O)N1CCN(c2ccc3cc(-n4nc(C(C)(C)C)cc4C(=O)O)ccc3n2)CC1. The van der Waals surface area contributed by atoms with Crippen molar-refractivity contribution in [2.75, 3.05) is 31.1 Å². The minimum Gasteiger partial charge on any atom is -0.477 e. The topological polar surface area (TPSA) is 101 Å². The highest BCUT2D eigenvalue weighted by Gasteiger charge is 2.27. The van der Waals surface area contributed by atoms with Crippen LogP contribution in [0.25, 0.3) is 16.6 Å². The lowest BCUT2D eigenvalue weighted by Gasteiger charge is -2.36. The number of carbonyl (C=O) groups is 2. The van der Waals surface area contributed by atoms with Gasteiger partial charge in [0, 0.05) is 37.0 Å². The fourth-order valence-corrected chi connectivity index (χ4v) is 3.95. The Morgan fingerprint density at radius 2 is 1.63 bits per heavy atom. The number of piperazine rings is 1. The van der Waals surface area contributed by atoms with Gasteiger partial charge >= 0.3 is 12.1 Å². The predicted molar refractivity (Wildman–Crippen MR) is 135 cm³/mol. The van der Waals surface area contributed by atoms with E-state index in [0.29, 0.717) is 37.6 Å². The number of carboxylic acids is 1. The molecule has 35 heavy (non-hydrogen) atoms. The van der Waals surface area contributed by atoms with Crippen LogP contribution >= 0.6 is 0 Å². The highest BCUT2D eigenvalue weighted by molar-refractivity contribution is 5.88. The van der Waals surface area contributed by atoms with E-state index < -0.39 is 11.6 Å². The van der Waals surface area contributed by atoms with E-state index in [-0.39, 0.29) is 17.2 Å². The number of rotatable bonds is 3. The van der Waals surface area contributed by atoms with E-state index in [4.69, 9.17) is 9.72 Å². The highest BCUT2D eigenvalue weighted by atomic mass is 16.6. The highest BCUT2D eigenvalue weighted by Crippen LogP contribution is 2.26. The molecule has 1 aromatic carbocycles. The molecule has 3 heterocycles. The van der Waals surface area contributed by atoms with E-state index in [1.54, 1.807) is 11.0 Å². The lowest BCUT2D eigenvalue weighted by Crippen LogP contribution is -2.50. The molecule has 1 N–H and O–H groups in total. The first-order chi connectivity index (χ1) is 16.3. The quantitative estimate of drug-likeness (QED) is 0.591. The maximum Gasteiger partial charge on any atom is 0.410 e. The first-order valence-corrected chi connectivity index (χ1v) is 11.8. The number of anilines is 1. The molecule has 1 fully saturated rings. The maximum absolute atomic E-state index is 12.3. The normalized spacial score (nSPS) is 14.9. The zero-order chi connectivity index (χ0) is 25.5. The van der Waals surface area contributed by atoms with Gasteiger partial charge in [-0.1, -0.05) is 20.8 Å². The Bertz CT molecular complexity index is 1260. The summed E-state index contributed by atoms with van der Waals surface area (Å²) in [5.41, 5.74) is 1.54. The second kappa shape index (κ2) is 8.87. The Morgan fingerprint density at radius 3 is 2.23 bits per heavy atom. The molecule has 0 saturated carbocycles. The van der Waals surface area contributed by atoms with Gasteiger partial charge in [-0.3, -0.25) is 0 Å². The molecule has 186 valence electrons. The van der Waals surface area contributed by atoms with Crippen molar-refractivity contribution >= 4 is 28.8 Å². The molecule has 1 amide bonds. The van der Waals surface area contributed by atoms with Crippen molar-refractivity contribution in [2.45, 2.75) is 52.6 Å². The third kappa shape index (κ3) is 5.39. The van der Waals surface area contributed by atoms with E-state index in [9.17, 15) is 14.7 Å². The van der Waals surface area contributed by atoms with Crippen LogP contribution in [0.3, 0.4) is 0 Å². The van der Waals surface area contributed by atoms with Crippen LogP contribution in [-0.4, -0.2) is 68.6 Å². The third-order valence-corrected chi connectivity index (χ3v) is 5.85. The molecule has 1 aliphatic rings. The van der Waals surface area contributed by atoms with E-state index in [0.717, 1.165) is 16.7 Å². The van der Waals surface area contributed by atoms with Crippen LogP contribution in [0.2, 0.25) is 0 Å². The molecule has 1 aliphatic heterocycles. The standard InChI is InChI=1S/C26H33N5O4/c1-25(2,3)21-16-20(23(32)33)31(28-21)18-8-9-19-17(15-18)7-10-22(27-19)29-11-13-30(14-12-29)24(34)35-26(4,5)6/h7-10,15-16H,11-14H2,1-6H3,(H,32,33). The molecule has 0 atom stereocenters. The largest absolute Gasteiger partial charge is 0.477 e. The predicted octanol–water partition coefficient (Wildman–Crippen LogP) is 4.47. The Labute approximate surface area is 205 Å². The summed E-state index contributed by atoms with van der Waals surface area (Å²) in [4.78, 5) is 32.9. The number of carbonyl (C=O) groups excluding carboxylic acids is 1. The van der Waals surface area contributed by atoms with Gasteiger partial charge in [-0.25, -0.2) is 19.3 Å². The minimum absolute atomic E-state index is 0.127. The molecule has 4 rings (SSSR count). The molecule has 0 unspecified atom stereocenters. The van der Waals surface area contributed by atoms with Gasteiger partial charge < -0.3 is 19.6 Å². The van der Waals surface area contributed by atoms with E-state index in [1.165, 1.54) is 4.68 Å². The zero-order valence-corrected chi connectivity index (χ0v) is 21.2. The summed E-state index contributed by atoms with van der Waals surface area (Å²) in [6.07, 6.45) is -0.287. The van der Waals surface area contributed by atoms with Crippen LogP contribution in [0, 0.1) is 0 Å². The summed E-state index contributed by atoms with van der Waals surface area (Å²) in [5, 5.41) is 15.2. The fourth-order valence-electron chi connectivity index (χ4n) is 3.95. The zero-order valence-electron chi connectivity index (χ0n) is 21.2. The van der Waals surface area contributed by atoms with Crippen LogP contribution < -0.4 is 4.90 Å². The van der Waals surface area contributed by atoms with Gasteiger partial charge in [-0.2, -0.15) is 5.10 Å². The molecule has 9 heteroatoms. The van der Waals surface area contributed by atoms with E-state index in [1.807, 2.05) is 71.9 Å². The molecule has 2 aromatic heterocycles. The van der Waals surface area contributed by atoms with Gasteiger partial charge in [-0.15, -0.1) is 0 Å². The molecular formula is C26H33N5O4. The number of carboxylic acid groups (broad SMARTS) is 1. The average Bonchev–Trinajstić information content (AvgIpc) is 3.24. The van der Waals surface area contributed by atoms with E-state index in [2.05, 4.69) is 10.00 Å². The Balaban J connectivity index is 1.54. The van der Waals surface area contributed by atoms with Gasteiger partial charge in [0.25, 0.3) is 0 Å². The number of aromatic carboxylic acids is 1. The Hall–Kier alpha value is -3.62. The molecule has 3 aromatic rings. The first kappa shape index (κ1) is 24.5. The summed E-state index contributed by atoms with van der Waals surface area (Å²) in [7, 11) is 0. The summed E-state index contributed by atoms with van der Waals surface area (Å²) in [6.45, 7) is 14.1. The molecule has 0 bridgehead atoms. The van der Waals surface area contributed by atoms with Crippen molar-refractivity contribution in [1.82, 2.24) is 19.7 Å². The third-order valence-electron chi connectivity index (χ3n) is 5.85. The van der Waals surface area contributed by atoms with Crippen molar-refractivity contribution in [3.05, 3.63) is 47.8 Å². The lowest BCUT2D eigenvalue weighted by atomic mass is 9.92. The second-order valence-electron chi connectivity index (χ2n) is 10.9. The number of hydrogen-bond acceptors (Lipinski definition) is 6. The number of amides is 1. The molecule has 9 nitrogen and oxygen atoms in total. The monoisotopic (exact) mass is 479 g/mol. The Kier molecular flexibility index (Phi) is 6.21. The van der Waals surface area contributed by atoms with E-state index >= 15 is 0 Å². The molecule has 1 saturated heterocycles. The van der Waals surface area contributed by atoms with Crippen LogP contribution in [0.5, 0.6) is 0 Å². The number of fused-ring (bicyclic) bond motifs is 1. The van der Waals surface area contributed by atoms with Crippen LogP contribution in [0.1, 0.15) is 57.7 Å². The summed E-state index contributed by atoms with van der Waals surface area (Å²) >= 11 is 0. The first-order valence-electron chi connectivity index (χ1n) is 11.8. The van der Waals surface area contributed by atoms with Crippen molar-refractivity contribution in [2.24, 2.45) is 0 Å². The molecule has 0 radical (unpaired) electrons. The van der Waals surface area contributed by atoms with Crippen molar-refractivity contribution in [1.29, 1.82) is 0 Å². The van der Waals surface area contributed by atoms with Gasteiger partial charge in [0.1, 0.15) is 11.4 Å². The maximum atomic E-state index is 12.3. The van der Waals surface area contributed by atoms with Crippen molar-refractivity contribution in [3.8, 4) is 5.69 Å². The molecule has 0 spiro atoms. The van der Waals surface area contributed by atoms with Crippen LogP contribution in [0.15, 0.2) is 36.4 Å². The number of pyridine rings is 1. The minimum atomic E-state index is -1.02. The number of hydrogen-bond donors (Lipinski definition) is 1. The van der Waals surface area contributed by atoms with Crippen molar-refractivity contribution in [3.63, 3.8) is 0 Å². The van der Waals surface area contributed by atoms with Gasteiger partial charge in [0.15, 0.2) is 5.69 Å². The number of aromatic nitrogens is 3. The Morgan fingerprint density at radius 1 is 0.943 bits per heavy atom. The number of ether oxygens (including phenoxy) is 1. The van der Waals surface area contributed by atoms with Crippen molar-refractivity contribution < 1.29 is 19.4 Å². The second-order valence-corrected chi connectivity index (χ2v) is 10.9. The van der Waals surface area contributed by atoms with Gasteiger partial charge in [-0.05, 0) is 57.2 Å². The summed E-state index contributed by atoms with van der Waals surface area (Å²) in [6, 6.07) is 11.2. The smallest absolute Gasteiger partial charge is 0.410 e. The lowest BCUT2D eigenvalue weighted by molar-refractivity contribution is 0.0240. The van der Waals surface area contributed by atoms with Gasteiger partial charge in [0.2, 0.25) is 0 Å². The number of benzene rings is 1. The molecular weight excluding hydrogens is 446 g/mol. The fraction of sp³-hybridized carbons (Fsp3) is 0.462. The summed E-state index contributed by atoms with van der Waals surface area (Å²) in [5.74, 6) is -0.179. The van der Waals surface area contributed by atoms with Gasteiger partial charge in [0.05, 0.1) is 16.9 Å². The van der Waals surface area contributed by atoms with Crippen LogP contribution in [0.4, 0.5) is 10.6 Å². The van der Waals surface area contributed by atoms with Crippen LogP contribution in [-0.2, 0) is 10.2 Å². The molecule has 0 aliphatic carbocycles.